The first kappa shape index (κ1) is 12.4. The number of nitrogens with two attached hydrogens (primary N) is 1. The normalized spacial score (nSPS) is 10.7. The van der Waals surface area contributed by atoms with E-state index in [0.717, 1.165) is 27.8 Å². The van der Waals surface area contributed by atoms with Gasteiger partial charge in [-0.25, -0.2) is 4.98 Å². The lowest BCUT2D eigenvalue weighted by atomic mass is 10.1. The maximum atomic E-state index is 6.13. The van der Waals surface area contributed by atoms with Crippen molar-refractivity contribution < 1.29 is 0 Å². The third-order valence-corrected chi connectivity index (χ3v) is 3.41. The van der Waals surface area contributed by atoms with Crippen molar-refractivity contribution in [2.75, 3.05) is 11.1 Å². The van der Waals surface area contributed by atoms with Gasteiger partial charge in [0.1, 0.15) is 5.82 Å². The molecular formula is C16H16N4. The van der Waals surface area contributed by atoms with Crippen molar-refractivity contribution in [1.82, 2.24) is 9.97 Å². The van der Waals surface area contributed by atoms with Crippen LogP contribution in [-0.4, -0.2) is 9.97 Å². The predicted molar refractivity (Wildman–Crippen MR) is 82.5 cm³/mol. The second kappa shape index (κ2) is 5.17. The van der Waals surface area contributed by atoms with Crippen molar-refractivity contribution in [3.8, 4) is 0 Å². The van der Waals surface area contributed by atoms with Gasteiger partial charge in [-0.15, -0.1) is 0 Å². The third kappa shape index (κ3) is 2.28. The lowest BCUT2D eigenvalue weighted by Gasteiger charge is -2.11. The molecule has 2 aromatic heterocycles. The summed E-state index contributed by atoms with van der Waals surface area (Å²) in [5, 5.41) is 5.44. The first-order chi connectivity index (χ1) is 9.75. The highest BCUT2D eigenvalue weighted by molar-refractivity contribution is 6.00. The highest BCUT2D eigenvalue weighted by atomic mass is 15.0. The Hall–Kier alpha value is -2.62. The lowest BCUT2D eigenvalue weighted by molar-refractivity contribution is 1.10. The van der Waals surface area contributed by atoms with Crippen molar-refractivity contribution in [1.29, 1.82) is 0 Å². The van der Waals surface area contributed by atoms with Crippen molar-refractivity contribution in [3.63, 3.8) is 0 Å². The van der Waals surface area contributed by atoms with E-state index in [0.29, 0.717) is 6.54 Å². The van der Waals surface area contributed by atoms with Crippen LogP contribution in [0, 0.1) is 6.92 Å². The molecule has 0 saturated heterocycles. The van der Waals surface area contributed by atoms with Gasteiger partial charge >= 0.3 is 0 Å². The Morgan fingerprint density at radius 2 is 1.80 bits per heavy atom. The first-order valence-electron chi connectivity index (χ1n) is 6.52. The van der Waals surface area contributed by atoms with Crippen molar-refractivity contribution >= 4 is 22.3 Å². The van der Waals surface area contributed by atoms with Crippen LogP contribution in [0.25, 0.3) is 10.8 Å². The molecule has 3 aromatic rings. The fraction of sp³-hybridized carbons (Fsp3) is 0.125. The number of nitrogens with one attached hydrogen (secondary N) is 1. The number of nitrogen functional groups attached to an aromatic ring is 1. The summed E-state index contributed by atoms with van der Waals surface area (Å²) in [7, 11) is 0. The van der Waals surface area contributed by atoms with Gasteiger partial charge in [0.15, 0.2) is 0 Å². The molecule has 0 spiro atoms. The average Bonchev–Trinajstić information content (AvgIpc) is 2.50. The van der Waals surface area contributed by atoms with Crippen LogP contribution in [0.3, 0.4) is 0 Å². The van der Waals surface area contributed by atoms with Gasteiger partial charge in [0, 0.05) is 41.6 Å². The average molecular weight is 264 g/mol. The summed E-state index contributed by atoms with van der Waals surface area (Å²) in [4.78, 5) is 8.42. The summed E-state index contributed by atoms with van der Waals surface area (Å²) in [5.74, 6) is 0.853. The Balaban J connectivity index is 1.94. The Bertz CT molecular complexity index is 738. The van der Waals surface area contributed by atoms with Gasteiger partial charge in [0.2, 0.25) is 0 Å². The van der Waals surface area contributed by atoms with Crippen LogP contribution in [-0.2, 0) is 6.54 Å². The molecule has 0 aliphatic heterocycles. The van der Waals surface area contributed by atoms with Crippen LogP contribution in [0.5, 0.6) is 0 Å². The second-order valence-electron chi connectivity index (χ2n) is 4.76. The van der Waals surface area contributed by atoms with Crippen LogP contribution in [0.1, 0.15) is 11.1 Å². The molecular weight excluding hydrogens is 248 g/mol. The van der Waals surface area contributed by atoms with E-state index >= 15 is 0 Å². The van der Waals surface area contributed by atoms with E-state index in [4.69, 9.17) is 5.73 Å². The molecule has 3 rings (SSSR count). The summed E-state index contributed by atoms with van der Waals surface area (Å²) < 4.78 is 0. The molecule has 0 fully saturated rings. The zero-order valence-electron chi connectivity index (χ0n) is 11.3. The zero-order valence-corrected chi connectivity index (χ0v) is 11.3. The minimum absolute atomic E-state index is 0.711. The van der Waals surface area contributed by atoms with E-state index in [1.54, 1.807) is 18.6 Å². The molecule has 0 atom stereocenters. The predicted octanol–water partition coefficient (Wildman–Crippen LogP) is 3.13. The fourth-order valence-electron chi connectivity index (χ4n) is 2.21. The quantitative estimate of drug-likeness (QED) is 0.713. The first-order valence-corrected chi connectivity index (χ1v) is 6.52. The van der Waals surface area contributed by atoms with Gasteiger partial charge < -0.3 is 11.1 Å². The summed E-state index contributed by atoms with van der Waals surface area (Å²) in [6, 6.07) is 10.0. The second-order valence-corrected chi connectivity index (χ2v) is 4.76. The number of hydrogen-bond acceptors (Lipinski definition) is 4. The van der Waals surface area contributed by atoms with Crippen LogP contribution in [0.2, 0.25) is 0 Å². The number of hydrogen-bond donors (Lipinski definition) is 2. The summed E-state index contributed by atoms with van der Waals surface area (Å²) in [6.07, 6.45) is 5.36. The molecule has 0 aliphatic rings. The van der Waals surface area contributed by atoms with Crippen LogP contribution < -0.4 is 11.1 Å². The summed E-state index contributed by atoms with van der Waals surface area (Å²) >= 11 is 0. The molecule has 3 N–H and O–H groups in total. The van der Waals surface area contributed by atoms with Gasteiger partial charge in [0.25, 0.3) is 0 Å². The SMILES string of the molecule is Cc1ccc2c(NCc3ccncc3)nccc2c1N. The Morgan fingerprint density at radius 1 is 1.00 bits per heavy atom. The molecule has 0 amide bonds. The number of fused-ring (bicyclic) bond motifs is 1. The molecule has 0 saturated carbocycles. The smallest absolute Gasteiger partial charge is 0.134 e. The number of aromatic nitrogens is 2. The lowest BCUT2D eigenvalue weighted by Crippen LogP contribution is -2.02. The van der Waals surface area contributed by atoms with Crippen molar-refractivity contribution in [2.24, 2.45) is 0 Å². The van der Waals surface area contributed by atoms with Crippen molar-refractivity contribution in [2.45, 2.75) is 13.5 Å². The molecule has 4 nitrogen and oxygen atoms in total. The van der Waals surface area contributed by atoms with Gasteiger partial charge in [-0.05, 0) is 36.2 Å². The van der Waals surface area contributed by atoms with Crippen molar-refractivity contribution in [3.05, 3.63) is 60.0 Å². The Labute approximate surface area is 117 Å². The molecule has 0 unspecified atom stereocenters. The molecule has 2 heterocycles. The van der Waals surface area contributed by atoms with E-state index in [1.165, 1.54) is 5.56 Å². The number of nitrogens with zero attached hydrogens (tertiary/aromatic N) is 2. The summed E-state index contributed by atoms with van der Waals surface area (Å²) in [5.41, 5.74) is 9.20. The van der Waals surface area contributed by atoms with E-state index in [-0.39, 0.29) is 0 Å². The minimum Gasteiger partial charge on any atom is -0.398 e. The standard InChI is InChI=1S/C16H16N4/c1-11-2-3-14-13(15(11)17)6-9-19-16(14)20-10-12-4-7-18-8-5-12/h2-9H,10,17H2,1H3,(H,19,20). The van der Waals surface area contributed by atoms with Gasteiger partial charge in [-0.3, -0.25) is 4.98 Å². The molecule has 4 heteroatoms. The molecule has 0 aliphatic carbocycles. The highest BCUT2D eigenvalue weighted by Gasteiger charge is 2.06. The van der Waals surface area contributed by atoms with E-state index in [2.05, 4.69) is 21.4 Å². The number of benzene rings is 1. The Kier molecular flexibility index (Phi) is 3.21. The van der Waals surface area contributed by atoms with Crippen LogP contribution >= 0.6 is 0 Å². The van der Waals surface area contributed by atoms with Crippen LogP contribution in [0.4, 0.5) is 11.5 Å². The zero-order chi connectivity index (χ0) is 13.9. The topological polar surface area (TPSA) is 63.8 Å². The van der Waals surface area contributed by atoms with E-state index < -0.39 is 0 Å². The van der Waals surface area contributed by atoms with Gasteiger partial charge in [0.05, 0.1) is 0 Å². The number of anilines is 2. The molecule has 0 bridgehead atoms. The largest absolute Gasteiger partial charge is 0.398 e. The minimum atomic E-state index is 0.711. The molecule has 0 radical (unpaired) electrons. The maximum absolute atomic E-state index is 6.13. The number of rotatable bonds is 3. The number of aryl methyl sites for hydroxylation is 1. The molecule has 20 heavy (non-hydrogen) atoms. The number of pyridine rings is 2. The fourth-order valence-corrected chi connectivity index (χ4v) is 2.21. The van der Waals surface area contributed by atoms with E-state index in [1.807, 2.05) is 31.2 Å². The maximum Gasteiger partial charge on any atom is 0.134 e. The Morgan fingerprint density at radius 3 is 2.60 bits per heavy atom. The molecule has 100 valence electrons. The summed E-state index contributed by atoms with van der Waals surface area (Å²) in [6.45, 7) is 2.72. The van der Waals surface area contributed by atoms with Gasteiger partial charge in [-0.1, -0.05) is 12.1 Å². The highest BCUT2D eigenvalue weighted by Crippen LogP contribution is 2.28. The van der Waals surface area contributed by atoms with E-state index in [9.17, 15) is 0 Å². The van der Waals surface area contributed by atoms with Crippen LogP contribution in [0.15, 0.2) is 48.9 Å². The third-order valence-electron chi connectivity index (χ3n) is 3.41. The van der Waals surface area contributed by atoms with Gasteiger partial charge in [-0.2, -0.15) is 0 Å². The monoisotopic (exact) mass is 264 g/mol. The molecule has 1 aromatic carbocycles.